The maximum atomic E-state index is 11.8. The second-order valence-corrected chi connectivity index (χ2v) is 2.90. The van der Waals surface area contributed by atoms with Crippen LogP contribution in [0.5, 0.6) is 0 Å². The van der Waals surface area contributed by atoms with Crippen molar-refractivity contribution in [1.82, 2.24) is 4.90 Å². The van der Waals surface area contributed by atoms with Gasteiger partial charge in [-0.25, -0.2) is 8.78 Å². The Morgan fingerprint density at radius 1 is 1.60 bits per heavy atom. The second kappa shape index (κ2) is 3.28. The molecule has 0 aromatic heterocycles. The van der Waals surface area contributed by atoms with Gasteiger partial charge in [0.25, 0.3) is 0 Å². The van der Waals surface area contributed by atoms with Gasteiger partial charge in [0.15, 0.2) is 0 Å². The molecule has 1 unspecified atom stereocenters. The highest BCUT2D eigenvalue weighted by Crippen LogP contribution is 2.20. The van der Waals surface area contributed by atoms with E-state index < -0.39 is 6.43 Å². The summed E-state index contributed by atoms with van der Waals surface area (Å²) in [7, 11) is 1.92. The summed E-state index contributed by atoms with van der Waals surface area (Å²) in [6.45, 7) is 0.984. The van der Waals surface area contributed by atoms with E-state index in [4.69, 9.17) is 0 Å². The highest BCUT2D eigenvalue weighted by atomic mass is 19.3. The van der Waals surface area contributed by atoms with Crippen molar-refractivity contribution in [3.8, 4) is 0 Å². The molecule has 0 bridgehead atoms. The maximum absolute atomic E-state index is 11.8. The van der Waals surface area contributed by atoms with Crippen LogP contribution in [0, 0.1) is 0 Å². The molecule has 3 heteroatoms. The van der Waals surface area contributed by atoms with Crippen LogP contribution in [0.3, 0.4) is 0 Å². The first-order valence-electron chi connectivity index (χ1n) is 3.68. The molecule has 1 fully saturated rings. The summed E-state index contributed by atoms with van der Waals surface area (Å²) >= 11 is 0. The first-order chi connectivity index (χ1) is 4.70. The van der Waals surface area contributed by atoms with Gasteiger partial charge in [0, 0.05) is 12.5 Å². The Morgan fingerprint density at radius 3 is 2.70 bits per heavy atom. The second-order valence-electron chi connectivity index (χ2n) is 2.90. The number of halogens is 2. The highest BCUT2D eigenvalue weighted by molar-refractivity contribution is 4.76. The van der Waals surface area contributed by atoms with E-state index in [2.05, 4.69) is 0 Å². The van der Waals surface area contributed by atoms with Gasteiger partial charge in [0.2, 0.25) is 6.43 Å². The molecular weight excluding hydrogens is 136 g/mol. The molecule has 0 radical (unpaired) electrons. The van der Waals surface area contributed by atoms with Crippen molar-refractivity contribution in [3.05, 3.63) is 0 Å². The van der Waals surface area contributed by atoms with Crippen LogP contribution in [0.4, 0.5) is 8.78 Å². The summed E-state index contributed by atoms with van der Waals surface area (Å²) in [6.07, 6.45) is -0.0591. The average molecular weight is 149 g/mol. The quantitative estimate of drug-likeness (QED) is 0.578. The molecule has 1 aliphatic heterocycles. The molecule has 10 heavy (non-hydrogen) atoms. The Morgan fingerprint density at radius 2 is 2.30 bits per heavy atom. The van der Waals surface area contributed by atoms with Crippen LogP contribution in [-0.4, -0.2) is 31.0 Å². The lowest BCUT2D eigenvalue weighted by Crippen LogP contribution is -2.26. The van der Waals surface area contributed by atoms with Gasteiger partial charge in [-0.15, -0.1) is 0 Å². The Balaban J connectivity index is 2.26. The Kier molecular flexibility index (Phi) is 2.60. The number of hydrogen-bond donors (Lipinski definition) is 0. The summed E-state index contributed by atoms with van der Waals surface area (Å²) in [6, 6.07) is 0.139. The fourth-order valence-electron chi connectivity index (χ4n) is 1.48. The molecule has 0 N–H and O–H groups in total. The Hall–Kier alpha value is -0.180. The third-order valence-electron chi connectivity index (χ3n) is 2.12. The maximum Gasteiger partial charge on any atom is 0.240 e. The van der Waals surface area contributed by atoms with E-state index in [0.717, 1.165) is 19.4 Å². The van der Waals surface area contributed by atoms with E-state index in [1.807, 2.05) is 11.9 Å². The summed E-state index contributed by atoms with van der Waals surface area (Å²) in [5.41, 5.74) is 0. The molecule has 1 heterocycles. The molecule has 0 aromatic rings. The fourth-order valence-corrected chi connectivity index (χ4v) is 1.48. The molecule has 1 saturated heterocycles. The van der Waals surface area contributed by atoms with E-state index >= 15 is 0 Å². The van der Waals surface area contributed by atoms with E-state index in [0.29, 0.717) is 0 Å². The fraction of sp³-hybridized carbons (Fsp3) is 1.00. The molecule has 1 rings (SSSR count). The van der Waals surface area contributed by atoms with Crippen molar-refractivity contribution in [2.45, 2.75) is 31.7 Å². The molecule has 0 spiro atoms. The Labute approximate surface area is 60.0 Å². The summed E-state index contributed by atoms with van der Waals surface area (Å²) < 4.78 is 23.7. The van der Waals surface area contributed by atoms with Crippen molar-refractivity contribution in [2.75, 3.05) is 13.6 Å². The molecule has 60 valence electrons. The first kappa shape index (κ1) is 7.92. The molecule has 1 nitrogen and oxygen atoms in total. The molecule has 0 saturated carbocycles. The van der Waals surface area contributed by atoms with Crippen molar-refractivity contribution in [3.63, 3.8) is 0 Å². The van der Waals surface area contributed by atoms with Gasteiger partial charge >= 0.3 is 0 Å². The smallest absolute Gasteiger partial charge is 0.240 e. The van der Waals surface area contributed by atoms with Crippen molar-refractivity contribution >= 4 is 0 Å². The summed E-state index contributed by atoms with van der Waals surface area (Å²) in [5, 5.41) is 0. The van der Waals surface area contributed by atoms with Crippen LogP contribution in [-0.2, 0) is 0 Å². The third-order valence-corrected chi connectivity index (χ3v) is 2.12. The van der Waals surface area contributed by atoms with E-state index in [-0.39, 0.29) is 12.5 Å². The largest absolute Gasteiger partial charge is 0.303 e. The zero-order valence-electron chi connectivity index (χ0n) is 6.19. The number of hydrogen-bond acceptors (Lipinski definition) is 1. The lowest BCUT2D eigenvalue weighted by atomic mass is 10.1. The standard InChI is InChI=1S/C7H13F2N/c1-10-4-2-3-6(10)5-7(8)9/h6-7H,2-5H2,1H3. The van der Waals surface area contributed by atoms with Crippen LogP contribution in [0.2, 0.25) is 0 Å². The van der Waals surface area contributed by atoms with Crippen LogP contribution in [0.1, 0.15) is 19.3 Å². The SMILES string of the molecule is CN1CCCC1CC(F)F. The van der Waals surface area contributed by atoms with Gasteiger partial charge in [-0.05, 0) is 26.4 Å². The van der Waals surface area contributed by atoms with E-state index in [9.17, 15) is 8.78 Å². The molecular formula is C7H13F2N. The Bertz CT molecular complexity index is 106. The molecule has 1 aliphatic rings. The van der Waals surface area contributed by atoms with Gasteiger partial charge in [0.1, 0.15) is 0 Å². The van der Waals surface area contributed by atoms with Gasteiger partial charge in [-0.1, -0.05) is 0 Å². The van der Waals surface area contributed by atoms with Crippen molar-refractivity contribution < 1.29 is 8.78 Å². The monoisotopic (exact) mass is 149 g/mol. The van der Waals surface area contributed by atoms with Gasteiger partial charge in [-0.3, -0.25) is 0 Å². The van der Waals surface area contributed by atoms with E-state index in [1.54, 1.807) is 0 Å². The number of nitrogens with zero attached hydrogens (tertiary/aromatic N) is 1. The predicted molar refractivity (Wildman–Crippen MR) is 36.3 cm³/mol. The van der Waals surface area contributed by atoms with Gasteiger partial charge < -0.3 is 4.90 Å². The van der Waals surface area contributed by atoms with Crippen LogP contribution in [0.25, 0.3) is 0 Å². The molecule has 1 atom stereocenters. The predicted octanol–water partition coefficient (Wildman–Crippen LogP) is 1.74. The van der Waals surface area contributed by atoms with Gasteiger partial charge in [0.05, 0.1) is 0 Å². The number of likely N-dealkylation sites (tertiary alicyclic amines) is 1. The van der Waals surface area contributed by atoms with Crippen LogP contribution < -0.4 is 0 Å². The highest BCUT2D eigenvalue weighted by Gasteiger charge is 2.23. The van der Waals surface area contributed by atoms with Crippen LogP contribution in [0.15, 0.2) is 0 Å². The minimum atomic E-state index is -2.13. The van der Waals surface area contributed by atoms with Crippen molar-refractivity contribution in [2.24, 2.45) is 0 Å². The topological polar surface area (TPSA) is 3.24 Å². The summed E-state index contributed by atoms with van der Waals surface area (Å²) in [5.74, 6) is 0. The van der Waals surface area contributed by atoms with Crippen LogP contribution >= 0.6 is 0 Å². The van der Waals surface area contributed by atoms with E-state index in [1.165, 1.54) is 0 Å². The number of rotatable bonds is 2. The normalized spacial score (nSPS) is 28.2. The lowest BCUT2D eigenvalue weighted by molar-refractivity contribution is 0.104. The summed E-state index contributed by atoms with van der Waals surface area (Å²) in [4.78, 5) is 2.02. The molecule has 0 amide bonds. The van der Waals surface area contributed by atoms with Crippen molar-refractivity contribution in [1.29, 1.82) is 0 Å². The third kappa shape index (κ3) is 1.90. The lowest BCUT2D eigenvalue weighted by Gasteiger charge is -2.18. The number of alkyl halides is 2. The van der Waals surface area contributed by atoms with Gasteiger partial charge in [-0.2, -0.15) is 0 Å². The average Bonchev–Trinajstić information content (AvgIpc) is 2.15. The zero-order chi connectivity index (χ0) is 7.56. The molecule has 0 aromatic carbocycles. The minimum absolute atomic E-state index is 0.0521. The first-order valence-corrected chi connectivity index (χ1v) is 3.68. The minimum Gasteiger partial charge on any atom is -0.303 e. The zero-order valence-corrected chi connectivity index (χ0v) is 6.19. The molecule has 0 aliphatic carbocycles.